The molecular weight excluding hydrogens is 364 g/mol. The third-order valence-corrected chi connectivity index (χ3v) is 5.55. The topological polar surface area (TPSA) is 50.1 Å². The van der Waals surface area contributed by atoms with E-state index in [1.807, 2.05) is 43.0 Å². The van der Waals surface area contributed by atoms with E-state index in [2.05, 4.69) is 33.7 Å². The summed E-state index contributed by atoms with van der Waals surface area (Å²) >= 11 is 0. The summed E-state index contributed by atoms with van der Waals surface area (Å²) in [5.74, 6) is 0.00298. The molecule has 1 aromatic carbocycles. The summed E-state index contributed by atoms with van der Waals surface area (Å²) < 4.78 is 7.59. The molecule has 1 aliphatic rings. The maximum absolute atomic E-state index is 13.2. The Morgan fingerprint density at radius 2 is 1.76 bits per heavy atom. The fourth-order valence-corrected chi connectivity index (χ4v) is 3.85. The predicted octanol–water partition coefficient (Wildman–Crippen LogP) is 3.32. The normalized spacial score (nSPS) is 15.0. The van der Waals surface area contributed by atoms with Gasteiger partial charge in [0.25, 0.3) is 5.91 Å². The number of rotatable bonds is 6. The first kappa shape index (κ1) is 19.6. The number of nitrogens with zero attached hydrogens (tertiary/aromatic N) is 4. The molecule has 2 aromatic heterocycles. The zero-order valence-corrected chi connectivity index (χ0v) is 17.2. The van der Waals surface area contributed by atoms with Crippen LogP contribution in [0.3, 0.4) is 0 Å². The summed E-state index contributed by atoms with van der Waals surface area (Å²) in [4.78, 5) is 22.1. The van der Waals surface area contributed by atoms with Gasteiger partial charge >= 0.3 is 0 Å². The zero-order valence-electron chi connectivity index (χ0n) is 17.2. The van der Waals surface area contributed by atoms with Crippen LogP contribution in [0, 0.1) is 0 Å². The van der Waals surface area contributed by atoms with Gasteiger partial charge in [-0.15, -0.1) is 0 Å². The minimum absolute atomic E-state index is 0.00298. The summed E-state index contributed by atoms with van der Waals surface area (Å²) in [5, 5.41) is 0. The van der Waals surface area contributed by atoms with Crippen molar-refractivity contribution in [3.63, 3.8) is 0 Å². The van der Waals surface area contributed by atoms with E-state index >= 15 is 0 Å². The number of imidazole rings is 1. The van der Waals surface area contributed by atoms with Gasteiger partial charge in [0.05, 0.1) is 18.9 Å². The van der Waals surface area contributed by atoms with Crippen molar-refractivity contribution < 1.29 is 9.53 Å². The Labute approximate surface area is 171 Å². The standard InChI is InChI=1S/C23H28N4O2/c1-3-26(4-2)23(28)22-20(17-25-12-14-29-15-13-25)27-16-19(10-11-21(27)24-22)18-8-6-5-7-9-18/h5-11,16H,3-4,12-15,17H2,1-2H3. The predicted molar refractivity (Wildman–Crippen MR) is 114 cm³/mol. The van der Waals surface area contributed by atoms with E-state index in [4.69, 9.17) is 9.72 Å². The van der Waals surface area contributed by atoms with Gasteiger partial charge in [0.1, 0.15) is 5.65 Å². The first-order chi connectivity index (χ1) is 14.2. The lowest BCUT2D eigenvalue weighted by molar-refractivity contribution is 0.0333. The number of morpholine rings is 1. The molecule has 29 heavy (non-hydrogen) atoms. The Kier molecular flexibility index (Phi) is 5.92. The molecule has 3 heterocycles. The van der Waals surface area contributed by atoms with Crippen LogP contribution in [0.2, 0.25) is 0 Å². The number of aromatic nitrogens is 2. The number of carbonyl (C=O) groups excluding carboxylic acids is 1. The van der Waals surface area contributed by atoms with Crippen molar-refractivity contribution in [2.24, 2.45) is 0 Å². The van der Waals surface area contributed by atoms with Crippen LogP contribution in [0.25, 0.3) is 16.8 Å². The lowest BCUT2D eigenvalue weighted by Crippen LogP contribution is -2.37. The second kappa shape index (κ2) is 8.76. The zero-order chi connectivity index (χ0) is 20.2. The van der Waals surface area contributed by atoms with Crippen molar-refractivity contribution in [3.8, 4) is 11.1 Å². The van der Waals surface area contributed by atoms with Crippen LogP contribution >= 0.6 is 0 Å². The molecule has 0 saturated carbocycles. The molecule has 0 atom stereocenters. The molecule has 152 valence electrons. The summed E-state index contributed by atoms with van der Waals surface area (Å²) in [6.07, 6.45) is 2.10. The molecule has 1 aliphatic heterocycles. The molecular formula is C23H28N4O2. The Morgan fingerprint density at radius 1 is 1.03 bits per heavy atom. The van der Waals surface area contributed by atoms with E-state index < -0.39 is 0 Å². The number of amides is 1. The summed E-state index contributed by atoms with van der Waals surface area (Å²) in [6.45, 7) is 9.24. The number of hydrogen-bond acceptors (Lipinski definition) is 4. The minimum atomic E-state index is 0.00298. The van der Waals surface area contributed by atoms with Gasteiger partial charge in [-0.2, -0.15) is 0 Å². The highest BCUT2D eigenvalue weighted by molar-refractivity contribution is 5.94. The average molecular weight is 393 g/mol. The number of hydrogen-bond donors (Lipinski definition) is 0. The Balaban J connectivity index is 1.80. The summed E-state index contributed by atoms with van der Waals surface area (Å²) in [6, 6.07) is 14.4. The fraction of sp³-hybridized carbons (Fsp3) is 0.391. The molecule has 1 amide bonds. The van der Waals surface area contributed by atoms with Crippen molar-refractivity contribution in [1.29, 1.82) is 0 Å². The molecule has 1 fully saturated rings. The molecule has 0 bridgehead atoms. The van der Waals surface area contributed by atoms with E-state index in [9.17, 15) is 4.79 Å². The SMILES string of the molecule is CCN(CC)C(=O)c1nc2ccc(-c3ccccc3)cn2c1CN1CCOCC1. The van der Waals surface area contributed by atoms with E-state index in [-0.39, 0.29) is 5.91 Å². The van der Waals surface area contributed by atoms with E-state index in [1.54, 1.807) is 0 Å². The smallest absolute Gasteiger partial charge is 0.274 e. The van der Waals surface area contributed by atoms with Crippen molar-refractivity contribution >= 4 is 11.6 Å². The van der Waals surface area contributed by atoms with E-state index in [0.717, 1.165) is 48.8 Å². The summed E-state index contributed by atoms with van der Waals surface area (Å²) in [7, 11) is 0. The van der Waals surface area contributed by atoms with Crippen molar-refractivity contribution in [1.82, 2.24) is 19.2 Å². The third-order valence-electron chi connectivity index (χ3n) is 5.55. The molecule has 0 N–H and O–H groups in total. The second-order valence-electron chi connectivity index (χ2n) is 7.29. The van der Waals surface area contributed by atoms with Gasteiger partial charge in [0, 0.05) is 38.9 Å². The lowest BCUT2D eigenvalue weighted by atomic mass is 10.1. The Hall–Kier alpha value is -2.70. The highest BCUT2D eigenvalue weighted by atomic mass is 16.5. The summed E-state index contributed by atoms with van der Waals surface area (Å²) in [5.41, 5.74) is 4.59. The van der Waals surface area contributed by atoms with Crippen molar-refractivity contribution in [3.05, 3.63) is 60.0 Å². The van der Waals surface area contributed by atoms with E-state index in [0.29, 0.717) is 25.3 Å². The maximum Gasteiger partial charge on any atom is 0.274 e. The molecule has 0 aliphatic carbocycles. The molecule has 6 nitrogen and oxygen atoms in total. The number of pyridine rings is 1. The quantitative estimate of drug-likeness (QED) is 0.646. The number of benzene rings is 1. The van der Waals surface area contributed by atoms with Crippen LogP contribution in [0.5, 0.6) is 0 Å². The van der Waals surface area contributed by atoms with Gasteiger partial charge in [-0.1, -0.05) is 30.3 Å². The van der Waals surface area contributed by atoms with Crippen LogP contribution in [0.4, 0.5) is 0 Å². The lowest BCUT2D eigenvalue weighted by Gasteiger charge is -2.27. The van der Waals surface area contributed by atoms with Crippen LogP contribution in [0.1, 0.15) is 30.0 Å². The van der Waals surface area contributed by atoms with Crippen LogP contribution in [-0.2, 0) is 11.3 Å². The first-order valence-corrected chi connectivity index (χ1v) is 10.4. The second-order valence-corrected chi connectivity index (χ2v) is 7.29. The van der Waals surface area contributed by atoms with Crippen molar-refractivity contribution in [2.45, 2.75) is 20.4 Å². The number of carbonyl (C=O) groups is 1. The number of ether oxygens (including phenoxy) is 1. The molecule has 6 heteroatoms. The van der Waals surface area contributed by atoms with Crippen LogP contribution in [-0.4, -0.2) is 64.5 Å². The minimum Gasteiger partial charge on any atom is -0.379 e. The van der Waals surface area contributed by atoms with E-state index in [1.165, 1.54) is 0 Å². The highest BCUT2D eigenvalue weighted by Gasteiger charge is 2.25. The highest BCUT2D eigenvalue weighted by Crippen LogP contribution is 2.24. The Morgan fingerprint density at radius 3 is 2.45 bits per heavy atom. The molecule has 3 aromatic rings. The monoisotopic (exact) mass is 392 g/mol. The third kappa shape index (κ3) is 4.04. The van der Waals surface area contributed by atoms with Gasteiger partial charge in [0.15, 0.2) is 5.69 Å². The van der Waals surface area contributed by atoms with Crippen LogP contribution < -0.4 is 0 Å². The first-order valence-electron chi connectivity index (χ1n) is 10.4. The van der Waals surface area contributed by atoms with Gasteiger partial charge < -0.3 is 14.0 Å². The molecule has 0 spiro atoms. The number of fused-ring (bicyclic) bond motifs is 1. The molecule has 4 rings (SSSR count). The average Bonchev–Trinajstić information content (AvgIpc) is 3.13. The van der Waals surface area contributed by atoms with Crippen LogP contribution in [0.15, 0.2) is 48.7 Å². The van der Waals surface area contributed by atoms with Gasteiger partial charge in [-0.05, 0) is 37.1 Å². The maximum atomic E-state index is 13.2. The van der Waals surface area contributed by atoms with Gasteiger partial charge in [0.2, 0.25) is 0 Å². The largest absolute Gasteiger partial charge is 0.379 e. The molecule has 0 unspecified atom stereocenters. The van der Waals surface area contributed by atoms with Gasteiger partial charge in [-0.3, -0.25) is 9.69 Å². The molecule has 1 saturated heterocycles. The van der Waals surface area contributed by atoms with Crippen molar-refractivity contribution in [2.75, 3.05) is 39.4 Å². The molecule has 0 radical (unpaired) electrons. The Bertz CT molecular complexity index is 973. The fourth-order valence-electron chi connectivity index (χ4n) is 3.85. The van der Waals surface area contributed by atoms with Gasteiger partial charge in [-0.25, -0.2) is 4.98 Å².